The van der Waals surface area contributed by atoms with Crippen molar-refractivity contribution in [3.05, 3.63) is 168 Å². The van der Waals surface area contributed by atoms with E-state index in [2.05, 4.69) is 173 Å². The van der Waals surface area contributed by atoms with Crippen LogP contribution in [0.5, 0.6) is 0 Å². The average Bonchev–Trinajstić information content (AvgIpc) is 3.79. The molecule has 0 aliphatic carbocycles. The van der Waals surface area contributed by atoms with E-state index in [9.17, 15) is 0 Å². The SMILES string of the molecule is Cc1c[c-]c(N2[CH-]N(C)c3cc(C)cnc32)cc1.Cc1c[c-]c(N2[CH-]N(C)c3cc(C)cnc32)cc1.Cc1ccc(-n2cc(C)c3cc(C)c[nH+]c32)cc1.[Cl-].[Cl-].[Ir].[Ir]. The van der Waals surface area contributed by atoms with Gasteiger partial charge in [0.25, 0.3) is 5.65 Å². The number of hydrogen-bond donors (Lipinski definition) is 0. The molecule has 0 bridgehead atoms. The average molecular weight is 1170 g/mol. The number of aromatic nitrogens is 4. The van der Waals surface area contributed by atoms with Crippen LogP contribution in [0.4, 0.5) is 34.4 Å². The fourth-order valence-corrected chi connectivity index (χ4v) is 6.54. The number of fused-ring (bicyclic) bond motifs is 3. The molecule has 0 unspecified atom stereocenters. The number of pyridine rings is 3. The molecule has 58 heavy (non-hydrogen) atoms. The second-order valence-electron chi connectivity index (χ2n) is 14.4. The first-order valence-corrected chi connectivity index (χ1v) is 18.2. The van der Waals surface area contributed by atoms with Gasteiger partial charge in [-0.05, 0) is 95.7 Å². The van der Waals surface area contributed by atoms with Crippen molar-refractivity contribution in [3.63, 3.8) is 0 Å². The number of rotatable bonds is 3. The summed E-state index contributed by atoms with van der Waals surface area (Å²) in [6.45, 7) is 18.7. The molecule has 12 heteroatoms. The fraction of sp³-hybridized carbons (Fsp3) is 0.196. The van der Waals surface area contributed by atoms with Crippen molar-refractivity contribution in [2.75, 3.05) is 33.7 Å². The van der Waals surface area contributed by atoms with Crippen LogP contribution >= 0.6 is 0 Å². The van der Waals surface area contributed by atoms with Crippen molar-refractivity contribution in [1.29, 1.82) is 0 Å². The second-order valence-corrected chi connectivity index (χ2v) is 14.4. The van der Waals surface area contributed by atoms with Crippen LogP contribution in [-0.4, -0.2) is 28.6 Å². The summed E-state index contributed by atoms with van der Waals surface area (Å²) < 4.78 is 2.21. The normalized spacial score (nSPS) is 12.1. The summed E-state index contributed by atoms with van der Waals surface area (Å²) in [5.74, 6) is 1.92. The maximum atomic E-state index is 4.52. The van der Waals surface area contributed by atoms with Crippen molar-refractivity contribution in [1.82, 2.24) is 14.5 Å². The van der Waals surface area contributed by atoms with Gasteiger partial charge in [-0.15, -0.1) is 23.5 Å². The molecule has 2 aliphatic heterocycles. The summed E-state index contributed by atoms with van der Waals surface area (Å²) in [5, 5.41) is 1.29. The maximum Gasteiger partial charge on any atom is 0.292 e. The Bertz CT molecular complexity index is 2310. The maximum absolute atomic E-state index is 4.52. The van der Waals surface area contributed by atoms with Crippen molar-refractivity contribution < 1.29 is 70.0 Å². The van der Waals surface area contributed by atoms with Crippen molar-refractivity contribution in [2.45, 2.75) is 48.5 Å². The van der Waals surface area contributed by atoms with E-state index < -0.39 is 0 Å². The number of nitrogens with one attached hydrogen (secondary N) is 1. The summed E-state index contributed by atoms with van der Waals surface area (Å²) in [6, 6.07) is 34.0. The van der Waals surface area contributed by atoms with Crippen molar-refractivity contribution in [2.24, 2.45) is 0 Å². The van der Waals surface area contributed by atoms with E-state index in [-0.39, 0.29) is 65.0 Å². The Morgan fingerprint density at radius 3 is 1.48 bits per heavy atom. The van der Waals surface area contributed by atoms with Crippen molar-refractivity contribution >= 4 is 45.4 Å². The molecule has 0 saturated heterocycles. The quantitative estimate of drug-likeness (QED) is 0.252. The van der Waals surface area contributed by atoms with E-state index in [1.54, 1.807) is 0 Å². The molecule has 0 saturated carbocycles. The van der Waals surface area contributed by atoms with Gasteiger partial charge in [-0.2, -0.15) is 65.4 Å². The van der Waals surface area contributed by atoms with Crippen LogP contribution in [0.1, 0.15) is 38.9 Å². The standard InChI is InChI=1S/C16H16N2.2C15H15N3.2ClH.2Ir/c1-11-4-6-14(7-5-11)18-10-13(3)15-8-12(2)9-17-16(15)18;2*1-11-4-6-13(7-5-11)18-10-17(3)14-8-12(2)9-16-15(14)18;;;;/h4-10H,1-3H3;2*4-6,8-10H,1-3H3;2*1H;;/q;2*-2;;;;/p-1. The Labute approximate surface area is 383 Å². The van der Waals surface area contributed by atoms with Gasteiger partial charge in [0.2, 0.25) is 0 Å². The molecule has 0 amide bonds. The summed E-state index contributed by atoms with van der Waals surface area (Å²) in [7, 11) is 4.07. The zero-order chi connectivity index (χ0) is 38.1. The minimum Gasteiger partial charge on any atom is -1.00 e. The molecular weight excluding hydrogens is 1120 g/mol. The molecule has 6 heterocycles. The number of anilines is 6. The Balaban J connectivity index is 0.000000225. The number of H-pyrrole nitrogens is 1. The minimum absolute atomic E-state index is 0. The topological polar surface area (TPSA) is 57.8 Å². The number of aromatic amines is 1. The van der Waals surface area contributed by atoms with Gasteiger partial charge in [-0.1, -0.05) is 31.5 Å². The van der Waals surface area contributed by atoms with E-state index in [1.807, 2.05) is 58.2 Å². The molecule has 9 rings (SSSR count). The van der Waals surface area contributed by atoms with Gasteiger partial charge in [-0.3, -0.25) is 0 Å². The molecule has 4 aromatic heterocycles. The predicted octanol–water partition coefficient (Wildman–Crippen LogP) is 3.78. The van der Waals surface area contributed by atoms with Gasteiger partial charge < -0.3 is 44.4 Å². The van der Waals surface area contributed by atoms with E-state index in [1.165, 1.54) is 50.0 Å². The van der Waals surface area contributed by atoms with Crippen LogP contribution in [0.15, 0.2) is 104 Å². The molecule has 0 atom stereocenters. The molecule has 3 aromatic carbocycles. The molecule has 2 aliphatic rings. The third-order valence-corrected chi connectivity index (χ3v) is 9.55. The van der Waals surface area contributed by atoms with E-state index in [0.717, 1.165) is 40.0 Å². The van der Waals surface area contributed by atoms with E-state index in [0.29, 0.717) is 0 Å². The van der Waals surface area contributed by atoms with Crippen LogP contribution in [0.25, 0.3) is 16.7 Å². The monoisotopic (exact) mass is 1170 g/mol. The third-order valence-electron chi connectivity index (χ3n) is 9.55. The molecule has 0 fully saturated rings. The first-order valence-electron chi connectivity index (χ1n) is 18.2. The molecule has 0 spiro atoms. The zero-order valence-corrected chi connectivity index (χ0v) is 40.3. The number of halogens is 2. The van der Waals surface area contributed by atoms with Crippen molar-refractivity contribution in [3.8, 4) is 5.69 Å². The number of benzene rings is 3. The summed E-state index contributed by atoms with van der Waals surface area (Å²) in [4.78, 5) is 20.7. The Hall–Kier alpha value is -4.27. The fourth-order valence-electron chi connectivity index (χ4n) is 6.54. The summed E-state index contributed by atoms with van der Waals surface area (Å²) in [5.41, 5.74) is 15.2. The molecule has 8 nitrogen and oxygen atoms in total. The van der Waals surface area contributed by atoms with Gasteiger partial charge in [0.15, 0.2) is 0 Å². The number of hydrogen-bond acceptors (Lipinski definition) is 6. The molecule has 7 aromatic rings. The van der Waals surface area contributed by atoms with Crippen LogP contribution in [-0.2, 0) is 40.2 Å². The predicted molar refractivity (Wildman–Crippen MR) is 222 cm³/mol. The summed E-state index contributed by atoms with van der Waals surface area (Å²) >= 11 is 0. The smallest absolute Gasteiger partial charge is 0.292 e. The van der Waals surface area contributed by atoms with Crippen LogP contribution in [0, 0.1) is 73.9 Å². The van der Waals surface area contributed by atoms with Gasteiger partial charge in [0.05, 0.1) is 11.6 Å². The van der Waals surface area contributed by atoms with Gasteiger partial charge >= 0.3 is 0 Å². The first-order chi connectivity index (χ1) is 25.9. The Morgan fingerprint density at radius 2 is 1.03 bits per heavy atom. The van der Waals surface area contributed by atoms with E-state index in [4.69, 9.17) is 0 Å². The Morgan fingerprint density at radius 1 is 0.569 bits per heavy atom. The molecular formula is C46H47Cl2Ir2N8-5. The van der Waals surface area contributed by atoms with Crippen LogP contribution in [0.3, 0.4) is 0 Å². The van der Waals surface area contributed by atoms with Gasteiger partial charge in [-0.25, -0.2) is 15.0 Å². The number of aryl methyl sites for hydroxylation is 7. The minimum atomic E-state index is 0. The van der Waals surface area contributed by atoms with Crippen LogP contribution in [0.2, 0.25) is 0 Å². The van der Waals surface area contributed by atoms with Gasteiger partial charge in [0.1, 0.15) is 23.5 Å². The van der Waals surface area contributed by atoms with E-state index >= 15 is 0 Å². The largest absolute Gasteiger partial charge is 1.00 e. The summed E-state index contributed by atoms with van der Waals surface area (Å²) in [6.07, 6.45) is 8.03. The Kier molecular flexibility index (Phi) is 17.1. The molecule has 2 radical (unpaired) electrons. The first kappa shape index (κ1) is 48.1. The van der Waals surface area contributed by atoms with Crippen LogP contribution < -0.4 is 49.4 Å². The van der Waals surface area contributed by atoms with Gasteiger partial charge in [0, 0.05) is 69.5 Å². The third kappa shape index (κ3) is 10.5. The molecule has 308 valence electrons. The molecule has 1 N–H and O–H groups in total. The second kappa shape index (κ2) is 20.6. The zero-order valence-electron chi connectivity index (χ0n) is 34.0. The number of nitrogens with zero attached hydrogens (tertiary/aromatic N) is 7.